The number of carbonyl (C=O) groups excluding carboxylic acids is 1. The van der Waals surface area contributed by atoms with Crippen LogP contribution in [0, 0.1) is 6.92 Å². The van der Waals surface area contributed by atoms with Gasteiger partial charge in [0.25, 0.3) is 15.9 Å². The standard InChI is InChI=1S/C24H25N3O5S/c1-18-8-14-22(15-9-18)33(29,30)27(20-10-12-21(31-2)13-11-20)17-24(28)26-25-16-19-6-4-5-7-23(19)32-3/h4-16H,17H2,1-3H3,(H,26,28)/b25-16+. The first-order valence-electron chi connectivity index (χ1n) is 10.0. The molecule has 0 aliphatic heterocycles. The lowest BCUT2D eigenvalue weighted by Crippen LogP contribution is -2.39. The molecule has 8 nitrogen and oxygen atoms in total. The number of nitrogens with zero attached hydrogens (tertiary/aromatic N) is 2. The summed E-state index contributed by atoms with van der Waals surface area (Å²) in [7, 11) is -0.961. The van der Waals surface area contributed by atoms with E-state index in [1.54, 1.807) is 48.5 Å². The molecule has 0 heterocycles. The second-order valence-electron chi connectivity index (χ2n) is 7.06. The van der Waals surface area contributed by atoms with E-state index in [1.165, 1.54) is 32.6 Å². The van der Waals surface area contributed by atoms with E-state index in [-0.39, 0.29) is 4.90 Å². The average molecular weight is 468 g/mol. The second kappa shape index (κ2) is 10.6. The average Bonchev–Trinajstić information content (AvgIpc) is 2.83. The third kappa shape index (κ3) is 5.89. The molecule has 0 saturated heterocycles. The summed E-state index contributed by atoms with van der Waals surface area (Å²) in [5.74, 6) is 0.558. The van der Waals surface area contributed by atoms with Crippen LogP contribution in [0.4, 0.5) is 5.69 Å². The maximum absolute atomic E-state index is 13.4. The lowest BCUT2D eigenvalue weighted by atomic mass is 10.2. The number of anilines is 1. The van der Waals surface area contributed by atoms with Gasteiger partial charge in [0.05, 0.1) is 31.0 Å². The van der Waals surface area contributed by atoms with Crippen molar-refractivity contribution in [2.24, 2.45) is 5.10 Å². The summed E-state index contributed by atoms with van der Waals surface area (Å²) < 4.78 is 38.2. The molecule has 0 bridgehead atoms. The summed E-state index contributed by atoms with van der Waals surface area (Å²) in [6.45, 7) is 1.40. The molecule has 0 aliphatic carbocycles. The number of carbonyl (C=O) groups is 1. The van der Waals surface area contributed by atoms with Crippen molar-refractivity contribution in [3.8, 4) is 11.5 Å². The molecule has 9 heteroatoms. The van der Waals surface area contributed by atoms with Crippen LogP contribution >= 0.6 is 0 Å². The summed E-state index contributed by atoms with van der Waals surface area (Å²) in [6, 6.07) is 20.0. The number of aryl methyl sites for hydroxylation is 1. The molecule has 0 spiro atoms. The van der Waals surface area contributed by atoms with Gasteiger partial charge in [0, 0.05) is 5.56 Å². The van der Waals surface area contributed by atoms with Crippen LogP contribution in [0.1, 0.15) is 11.1 Å². The minimum Gasteiger partial charge on any atom is -0.497 e. The van der Waals surface area contributed by atoms with Crippen molar-refractivity contribution in [1.82, 2.24) is 5.43 Å². The molecule has 0 aromatic heterocycles. The van der Waals surface area contributed by atoms with Gasteiger partial charge in [-0.1, -0.05) is 29.8 Å². The molecule has 0 saturated carbocycles. The van der Waals surface area contributed by atoms with Crippen LogP contribution in [-0.4, -0.2) is 41.3 Å². The zero-order valence-electron chi connectivity index (χ0n) is 18.6. The quantitative estimate of drug-likeness (QED) is 0.384. The molecule has 1 N–H and O–H groups in total. The van der Waals surface area contributed by atoms with Crippen LogP contribution in [0.3, 0.4) is 0 Å². The lowest BCUT2D eigenvalue weighted by Gasteiger charge is -2.24. The molecular formula is C24H25N3O5S. The van der Waals surface area contributed by atoms with E-state index in [0.29, 0.717) is 22.7 Å². The molecule has 3 aromatic rings. The fourth-order valence-electron chi connectivity index (χ4n) is 3.01. The van der Waals surface area contributed by atoms with Gasteiger partial charge in [-0.3, -0.25) is 9.10 Å². The van der Waals surface area contributed by atoms with Gasteiger partial charge >= 0.3 is 0 Å². The third-order valence-electron chi connectivity index (χ3n) is 4.79. The molecule has 0 aliphatic rings. The predicted molar refractivity (Wildman–Crippen MR) is 127 cm³/mol. The molecule has 0 unspecified atom stereocenters. The number of nitrogens with one attached hydrogen (secondary N) is 1. The number of methoxy groups -OCH3 is 2. The maximum Gasteiger partial charge on any atom is 0.264 e. The highest BCUT2D eigenvalue weighted by atomic mass is 32.2. The summed E-state index contributed by atoms with van der Waals surface area (Å²) in [4.78, 5) is 12.7. The third-order valence-corrected chi connectivity index (χ3v) is 6.58. The molecule has 3 aromatic carbocycles. The van der Waals surface area contributed by atoms with Crippen molar-refractivity contribution in [3.63, 3.8) is 0 Å². The Kier molecular flexibility index (Phi) is 7.68. The molecule has 33 heavy (non-hydrogen) atoms. The molecule has 0 fully saturated rings. The number of rotatable bonds is 9. The zero-order chi connectivity index (χ0) is 23.8. The van der Waals surface area contributed by atoms with Crippen molar-refractivity contribution in [2.75, 3.05) is 25.1 Å². The van der Waals surface area contributed by atoms with Gasteiger partial charge in [-0.2, -0.15) is 5.10 Å². The van der Waals surface area contributed by atoms with Gasteiger partial charge in [0.15, 0.2) is 0 Å². The van der Waals surface area contributed by atoms with Crippen LogP contribution in [0.15, 0.2) is 82.8 Å². The fourth-order valence-corrected chi connectivity index (χ4v) is 4.43. The van der Waals surface area contributed by atoms with E-state index in [1.807, 2.05) is 19.1 Å². The molecule has 3 rings (SSSR count). The highest BCUT2D eigenvalue weighted by Crippen LogP contribution is 2.26. The summed E-state index contributed by atoms with van der Waals surface area (Å²) in [5.41, 5.74) is 4.29. The van der Waals surface area contributed by atoms with Crippen LogP contribution in [0.5, 0.6) is 11.5 Å². The number of para-hydroxylation sites is 1. The Morgan fingerprint density at radius 2 is 1.64 bits per heavy atom. The van der Waals surface area contributed by atoms with Crippen LogP contribution in [0.25, 0.3) is 0 Å². The van der Waals surface area contributed by atoms with Crippen molar-refractivity contribution in [2.45, 2.75) is 11.8 Å². The van der Waals surface area contributed by atoms with E-state index < -0.39 is 22.5 Å². The van der Waals surface area contributed by atoms with Crippen LogP contribution in [0.2, 0.25) is 0 Å². The lowest BCUT2D eigenvalue weighted by molar-refractivity contribution is -0.119. The van der Waals surface area contributed by atoms with Gasteiger partial charge in [0.2, 0.25) is 0 Å². The topological polar surface area (TPSA) is 97.3 Å². The molecule has 0 radical (unpaired) electrons. The Bertz CT molecular complexity index is 1220. The molecule has 0 atom stereocenters. The highest BCUT2D eigenvalue weighted by molar-refractivity contribution is 7.92. The first-order valence-corrected chi connectivity index (χ1v) is 11.5. The Morgan fingerprint density at radius 3 is 2.27 bits per heavy atom. The van der Waals surface area contributed by atoms with Crippen molar-refractivity contribution in [1.29, 1.82) is 0 Å². The Labute approximate surface area is 193 Å². The SMILES string of the molecule is COc1ccc(N(CC(=O)N/N=C/c2ccccc2OC)S(=O)(=O)c2ccc(C)cc2)cc1. The van der Waals surface area contributed by atoms with Gasteiger partial charge in [-0.25, -0.2) is 13.8 Å². The van der Waals surface area contributed by atoms with Gasteiger partial charge < -0.3 is 9.47 Å². The normalized spacial score (nSPS) is 11.2. The van der Waals surface area contributed by atoms with E-state index in [2.05, 4.69) is 10.5 Å². The fraction of sp³-hybridized carbons (Fsp3) is 0.167. The number of sulfonamides is 1. The number of hydrogen-bond donors (Lipinski definition) is 1. The van der Waals surface area contributed by atoms with E-state index in [4.69, 9.17) is 9.47 Å². The number of ether oxygens (including phenoxy) is 2. The predicted octanol–water partition coefficient (Wildman–Crippen LogP) is 3.36. The van der Waals surface area contributed by atoms with Crippen molar-refractivity contribution in [3.05, 3.63) is 83.9 Å². The second-order valence-corrected chi connectivity index (χ2v) is 8.92. The number of hydrazone groups is 1. The minimum atomic E-state index is -4.01. The van der Waals surface area contributed by atoms with Crippen LogP contribution < -0.4 is 19.2 Å². The summed E-state index contributed by atoms with van der Waals surface area (Å²) in [6.07, 6.45) is 1.43. The molecule has 172 valence electrons. The summed E-state index contributed by atoms with van der Waals surface area (Å²) in [5, 5.41) is 3.94. The van der Waals surface area contributed by atoms with Gasteiger partial charge in [0.1, 0.15) is 18.0 Å². The molecular weight excluding hydrogens is 442 g/mol. The van der Waals surface area contributed by atoms with Crippen molar-refractivity contribution < 1.29 is 22.7 Å². The number of hydrogen-bond acceptors (Lipinski definition) is 6. The van der Waals surface area contributed by atoms with E-state index >= 15 is 0 Å². The first kappa shape index (κ1) is 23.8. The molecule has 1 amide bonds. The first-order chi connectivity index (χ1) is 15.8. The maximum atomic E-state index is 13.4. The summed E-state index contributed by atoms with van der Waals surface area (Å²) >= 11 is 0. The zero-order valence-corrected chi connectivity index (χ0v) is 19.4. The monoisotopic (exact) mass is 467 g/mol. The van der Waals surface area contributed by atoms with Crippen LogP contribution in [-0.2, 0) is 14.8 Å². The van der Waals surface area contributed by atoms with Gasteiger partial charge in [-0.15, -0.1) is 0 Å². The number of benzene rings is 3. The minimum absolute atomic E-state index is 0.0780. The van der Waals surface area contributed by atoms with E-state index in [9.17, 15) is 13.2 Å². The van der Waals surface area contributed by atoms with Gasteiger partial charge in [-0.05, 0) is 55.5 Å². The smallest absolute Gasteiger partial charge is 0.264 e. The Hall–Kier alpha value is -3.85. The largest absolute Gasteiger partial charge is 0.497 e. The van der Waals surface area contributed by atoms with E-state index in [0.717, 1.165) is 9.87 Å². The highest BCUT2D eigenvalue weighted by Gasteiger charge is 2.27. The Balaban J connectivity index is 1.85. The van der Waals surface area contributed by atoms with Crippen molar-refractivity contribution >= 4 is 27.8 Å². The number of amides is 1. The Morgan fingerprint density at radius 1 is 0.970 bits per heavy atom.